The molecule has 0 spiro atoms. The van der Waals surface area contributed by atoms with E-state index in [9.17, 15) is 84.3 Å². The lowest BCUT2D eigenvalue weighted by Crippen LogP contribution is -2.12. The predicted molar refractivity (Wildman–Crippen MR) is 195 cm³/mol. The maximum Gasteiger partial charge on any atom is 0.417 e. The zero-order chi connectivity index (χ0) is 46.9. The van der Waals surface area contributed by atoms with Crippen LogP contribution < -0.4 is 0 Å². The molecule has 0 radical (unpaired) electrons. The molecule has 0 N–H and O–H groups in total. The van der Waals surface area contributed by atoms with Crippen LogP contribution in [0.25, 0.3) is 66.1 Å². The highest BCUT2D eigenvalue weighted by Crippen LogP contribution is 2.47. The van der Waals surface area contributed by atoms with Gasteiger partial charge in [-0.1, -0.05) is 6.07 Å². The van der Waals surface area contributed by atoms with Crippen molar-refractivity contribution in [1.82, 2.24) is 9.13 Å². The molecule has 0 amide bonds. The van der Waals surface area contributed by atoms with Gasteiger partial charge in [-0.15, -0.1) is 0 Å². The molecule has 2 aromatic heterocycles. The zero-order valence-electron chi connectivity index (χ0n) is 31.0. The van der Waals surface area contributed by atoms with Crippen LogP contribution in [0.15, 0.2) is 103 Å². The van der Waals surface area contributed by atoms with E-state index in [1.807, 2.05) is 0 Å². The summed E-state index contributed by atoms with van der Waals surface area (Å²) in [5.41, 5.74) is -14.5. The second-order valence-electron chi connectivity index (χ2n) is 14.3. The predicted octanol–water partition coefficient (Wildman–Crippen LogP) is 15.5. The van der Waals surface area contributed by atoms with Gasteiger partial charge in [-0.2, -0.15) is 84.3 Å². The number of nitriles is 1. The first kappa shape index (κ1) is 43.8. The summed E-state index contributed by atoms with van der Waals surface area (Å²) in [6, 6.07) is 10.7. The Labute approximate surface area is 344 Å². The van der Waals surface area contributed by atoms with Gasteiger partial charge >= 0.3 is 37.1 Å². The lowest BCUT2D eigenvalue weighted by molar-refractivity contribution is -0.143. The van der Waals surface area contributed by atoms with E-state index in [-0.39, 0.29) is 12.1 Å². The highest BCUT2D eigenvalue weighted by molar-refractivity contribution is 6.12. The molecule has 6 aromatic carbocycles. The summed E-state index contributed by atoms with van der Waals surface area (Å²) in [6.07, 6.45) is -31.2. The molecule has 0 saturated carbocycles. The molecule has 8 aromatic rings. The molecule has 0 aliphatic rings. The molecule has 0 fully saturated rings. The minimum absolute atomic E-state index is 0.248. The summed E-state index contributed by atoms with van der Waals surface area (Å²) >= 11 is 0. The normalized spacial score (nSPS) is 13.5. The first-order valence-electron chi connectivity index (χ1n) is 17.8. The number of hydrogen-bond acceptors (Lipinski definition) is 1. The van der Waals surface area contributed by atoms with E-state index in [4.69, 9.17) is 0 Å². The maximum absolute atomic E-state index is 14.8. The second-order valence-corrected chi connectivity index (χ2v) is 14.3. The summed E-state index contributed by atoms with van der Waals surface area (Å²) < 4.78 is 256. The van der Waals surface area contributed by atoms with Gasteiger partial charge in [-0.25, -0.2) is 0 Å². The molecule has 0 saturated heterocycles. The van der Waals surface area contributed by atoms with Crippen LogP contribution in [0.1, 0.15) is 38.9 Å². The summed E-state index contributed by atoms with van der Waals surface area (Å²) in [4.78, 5) is 0. The SMILES string of the molecule is N#Cc1c(-n2c3ccc(C(F)(F)F)cc3c3cc(C(F)(F)F)ccc32)cc(-c2ccc(C(F)(F)F)cc2C(F)(F)F)cc1-n1c2ccc(C(F)(F)F)cc2c2cc(C(F)(F)F)ccc21. The Hall–Kier alpha value is -6.85. The van der Waals surface area contributed by atoms with Crippen LogP contribution in [0.4, 0.5) is 79.0 Å². The van der Waals surface area contributed by atoms with Crippen LogP contribution in [0, 0.1) is 11.3 Å². The van der Waals surface area contributed by atoms with Gasteiger partial charge in [0.1, 0.15) is 11.6 Å². The Morgan fingerprint density at radius 3 is 0.891 bits per heavy atom. The van der Waals surface area contributed by atoms with Crippen molar-refractivity contribution in [2.45, 2.75) is 37.1 Å². The fourth-order valence-corrected chi connectivity index (χ4v) is 7.71. The molecular formula is C43H17F18N3. The molecule has 64 heavy (non-hydrogen) atoms. The third-order valence-corrected chi connectivity index (χ3v) is 10.5. The maximum atomic E-state index is 14.8. The Bertz CT molecular complexity index is 2940. The van der Waals surface area contributed by atoms with Crippen LogP contribution >= 0.6 is 0 Å². The Morgan fingerprint density at radius 1 is 0.344 bits per heavy atom. The van der Waals surface area contributed by atoms with Gasteiger partial charge in [-0.3, -0.25) is 0 Å². The lowest BCUT2D eigenvalue weighted by atomic mass is 9.94. The van der Waals surface area contributed by atoms with Gasteiger partial charge in [-0.05, 0) is 108 Å². The third-order valence-electron chi connectivity index (χ3n) is 10.5. The van der Waals surface area contributed by atoms with E-state index in [2.05, 4.69) is 0 Å². The Morgan fingerprint density at radius 2 is 0.625 bits per heavy atom. The van der Waals surface area contributed by atoms with Gasteiger partial charge in [0.25, 0.3) is 0 Å². The molecule has 0 bridgehead atoms. The Balaban J connectivity index is 1.59. The number of rotatable bonds is 3. The standard InChI is InChI=1S/C43H17F18N3/c44-38(45,46)20-2-7-32-26(13-20)27-14-21(39(47,48)49)3-8-33(27)63(32)36-11-19(25-6-1-24(42(56,57)58)17-31(25)43(59,60)61)12-37(30(36)18-62)64-34-9-4-22(40(50,51)52)15-28(34)29-16-23(41(53,54)55)5-10-35(29)64/h1-17H. The number of nitrogens with zero attached hydrogens (tertiary/aromatic N) is 3. The molecule has 0 aliphatic carbocycles. The minimum atomic E-state index is -5.57. The van der Waals surface area contributed by atoms with Crippen molar-refractivity contribution >= 4 is 43.6 Å². The summed E-state index contributed by atoms with van der Waals surface area (Å²) in [5.74, 6) is 0. The van der Waals surface area contributed by atoms with Gasteiger partial charge in [0.05, 0.1) is 66.8 Å². The fraction of sp³-hybridized carbons (Fsp3) is 0.140. The van der Waals surface area contributed by atoms with Crippen LogP contribution in [0.2, 0.25) is 0 Å². The van der Waals surface area contributed by atoms with Crippen molar-refractivity contribution < 1.29 is 79.0 Å². The average Bonchev–Trinajstić information content (AvgIpc) is 3.69. The Kier molecular flexibility index (Phi) is 9.63. The highest BCUT2D eigenvalue weighted by Gasteiger charge is 2.40. The number of fused-ring (bicyclic) bond motifs is 6. The molecule has 3 nitrogen and oxygen atoms in total. The molecule has 330 valence electrons. The van der Waals surface area contributed by atoms with Crippen LogP contribution in [0.3, 0.4) is 0 Å². The summed E-state index contributed by atoms with van der Waals surface area (Å²) in [7, 11) is 0. The molecule has 0 aliphatic heterocycles. The smallest absolute Gasteiger partial charge is 0.308 e. The number of alkyl halides is 18. The molecular weight excluding hydrogens is 900 g/mol. The monoisotopic (exact) mass is 917 g/mol. The lowest BCUT2D eigenvalue weighted by Gasteiger charge is -2.21. The van der Waals surface area contributed by atoms with E-state index in [0.717, 1.165) is 45.5 Å². The molecule has 0 atom stereocenters. The van der Waals surface area contributed by atoms with Gasteiger partial charge in [0.15, 0.2) is 0 Å². The highest BCUT2D eigenvalue weighted by atomic mass is 19.4. The van der Waals surface area contributed by atoms with Crippen molar-refractivity contribution in [3.63, 3.8) is 0 Å². The number of benzene rings is 6. The van der Waals surface area contributed by atoms with Gasteiger partial charge < -0.3 is 9.13 Å². The van der Waals surface area contributed by atoms with E-state index in [0.29, 0.717) is 54.6 Å². The average molecular weight is 918 g/mol. The first-order chi connectivity index (χ1) is 29.5. The van der Waals surface area contributed by atoms with E-state index in [1.54, 1.807) is 6.07 Å². The van der Waals surface area contributed by atoms with E-state index >= 15 is 0 Å². The van der Waals surface area contributed by atoms with Crippen molar-refractivity contribution in [3.05, 3.63) is 142 Å². The van der Waals surface area contributed by atoms with Crippen LogP contribution in [-0.4, -0.2) is 9.13 Å². The van der Waals surface area contributed by atoms with Crippen LogP contribution in [0.5, 0.6) is 0 Å². The van der Waals surface area contributed by atoms with E-state index in [1.165, 1.54) is 0 Å². The number of hydrogen-bond donors (Lipinski definition) is 0. The van der Waals surface area contributed by atoms with Crippen LogP contribution in [-0.2, 0) is 37.1 Å². The molecule has 0 unspecified atom stereocenters. The van der Waals surface area contributed by atoms with Crippen molar-refractivity contribution in [2.24, 2.45) is 0 Å². The number of aromatic nitrogens is 2. The van der Waals surface area contributed by atoms with Crippen molar-refractivity contribution in [2.75, 3.05) is 0 Å². The minimum Gasteiger partial charge on any atom is -0.308 e. The third kappa shape index (κ3) is 7.37. The summed E-state index contributed by atoms with van der Waals surface area (Å²) in [5, 5.41) is 8.75. The van der Waals surface area contributed by atoms with Crippen molar-refractivity contribution in [3.8, 4) is 28.6 Å². The molecule has 8 rings (SSSR count). The molecule has 2 heterocycles. The van der Waals surface area contributed by atoms with Gasteiger partial charge in [0, 0.05) is 21.5 Å². The van der Waals surface area contributed by atoms with Gasteiger partial charge in [0.2, 0.25) is 0 Å². The molecule has 21 heteroatoms. The fourth-order valence-electron chi connectivity index (χ4n) is 7.71. The summed E-state index contributed by atoms with van der Waals surface area (Å²) in [6.45, 7) is 0. The largest absolute Gasteiger partial charge is 0.417 e. The quantitative estimate of drug-likeness (QED) is 0.163. The topological polar surface area (TPSA) is 33.6 Å². The number of halogens is 18. The second kappa shape index (κ2) is 14.1. The zero-order valence-corrected chi connectivity index (χ0v) is 31.0. The van der Waals surface area contributed by atoms with Crippen molar-refractivity contribution in [1.29, 1.82) is 5.26 Å². The first-order valence-corrected chi connectivity index (χ1v) is 17.8. The van der Waals surface area contributed by atoms with E-state index < -0.39 is 142 Å².